The molecule has 0 aromatic heterocycles. The van der Waals surface area contributed by atoms with Crippen LogP contribution in [-0.4, -0.2) is 48.6 Å². The van der Waals surface area contributed by atoms with Gasteiger partial charge in [0.2, 0.25) is 0 Å². The fourth-order valence-electron chi connectivity index (χ4n) is 3.85. The maximum absolute atomic E-state index is 12.8. The van der Waals surface area contributed by atoms with Crippen molar-refractivity contribution in [2.24, 2.45) is 0 Å². The van der Waals surface area contributed by atoms with Crippen molar-refractivity contribution in [2.45, 2.75) is 32.6 Å². The Bertz CT molecular complexity index is 920. The van der Waals surface area contributed by atoms with Gasteiger partial charge in [-0.25, -0.2) is 0 Å². The molecule has 2 N–H and O–H groups in total. The number of ether oxygens (including phenoxy) is 2. The molecule has 29 heavy (non-hydrogen) atoms. The summed E-state index contributed by atoms with van der Waals surface area (Å²) in [5, 5.41) is 5.74. The molecular formula is C22H25N3O4. The van der Waals surface area contributed by atoms with Crippen LogP contribution in [0.1, 0.15) is 29.8 Å². The molecule has 7 heteroatoms. The number of carbonyl (C=O) groups is 2. The third-order valence-corrected chi connectivity index (χ3v) is 5.03. The summed E-state index contributed by atoms with van der Waals surface area (Å²) >= 11 is 0. The second kappa shape index (κ2) is 8.23. The Morgan fingerprint density at radius 1 is 1.17 bits per heavy atom. The van der Waals surface area contributed by atoms with Crippen LogP contribution in [0.15, 0.2) is 42.5 Å². The first kappa shape index (κ1) is 19.4. The number of amides is 2. The van der Waals surface area contributed by atoms with Gasteiger partial charge in [-0.3, -0.25) is 14.5 Å². The zero-order chi connectivity index (χ0) is 20.4. The molecule has 152 valence electrons. The van der Waals surface area contributed by atoms with Crippen LogP contribution >= 0.6 is 0 Å². The number of nitrogens with one attached hydrogen (secondary N) is 2. The molecule has 2 aliphatic heterocycles. The summed E-state index contributed by atoms with van der Waals surface area (Å²) in [5.41, 5.74) is 2.80. The van der Waals surface area contributed by atoms with Crippen molar-refractivity contribution in [1.29, 1.82) is 0 Å². The molecule has 2 aromatic carbocycles. The second-order valence-electron chi connectivity index (χ2n) is 7.61. The number of benzene rings is 2. The maximum Gasteiger partial charge on any atom is 0.262 e. The van der Waals surface area contributed by atoms with E-state index in [1.54, 1.807) is 18.2 Å². The number of anilines is 2. The summed E-state index contributed by atoms with van der Waals surface area (Å²) in [4.78, 5) is 26.7. The van der Waals surface area contributed by atoms with Crippen molar-refractivity contribution >= 4 is 23.2 Å². The van der Waals surface area contributed by atoms with E-state index in [0.717, 1.165) is 30.9 Å². The smallest absolute Gasteiger partial charge is 0.262 e. The van der Waals surface area contributed by atoms with Crippen molar-refractivity contribution in [3.05, 3.63) is 53.6 Å². The molecule has 2 aliphatic rings. The number of carbonyl (C=O) groups excluding carboxylic acids is 2. The lowest BCUT2D eigenvalue weighted by molar-refractivity contribution is -0.118. The molecule has 0 saturated carbocycles. The largest absolute Gasteiger partial charge is 0.482 e. The standard InChI is InChI=1S/C22H25N3O4/c1-14-10-25(11-15(2)29-14)12-17-5-3-4-6-18(17)24-22(27)16-7-8-20-19(9-16)23-21(26)13-28-20/h3-9,14-15H,10-13H2,1-2H3,(H,23,26)(H,24,27). The molecule has 1 saturated heterocycles. The average Bonchev–Trinajstić information content (AvgIpc) is 2.68. The van der Waals surface area contributed by atoms with Crippen LogP contribution in [0.4, 0.5) is 11.4 Å². The molecule has 7 nitrogen and oxygen atoms in total. The highest BCUT2D eigenvalue weighted by molar-refractivity contribution is 6.06. The molecule has 2 aromatic rings. The second-order valence-corrected chi connectivity index (χ2v) is 7.61. The normalized spacial score (nSPS) is 21.7. The lowest BCUT2D eigenvalue weighted by Crippen LogP contribution is -2.44. The predicted octanol–water partition coefficient (Wildman–Crippen LogP) is 2.88. The Kier molecular flexibility index (Phi) is 5.51. The Morgan fingerprint density at radius 2 is 1.93 bits per heavy atom. The van der Waals surface area contributed by atoms with E-state index in [1.807, 2.05) is 24.3 Å². The number of morpholine rings is 1. The summed E-state index contributed by atoms with van der Waals surface area (Å²) in [6.07, 6.45) is 0.377. The molecule has 0 spiro atoms. The van der Waals surface area contributed by atoms with E-state index in [0.29, 0.717) is 17.0 Å². The van der Waals surface area contributed by atoms with Crippen molar-refractivity contribution < 1.29 is 19.1 Å². The van der Waals surface area contributed by atoms with Gasteiger partial charge in [-0.1, -0.05) is 18.2 Å². The van der Waals surface area contributed by atoms with Crippen LogP contribution in [0.2, 0.25) is 0 Å². The number of fused-ring (bicyclic) bond motifs is 1. The molecule has 0 radical (unpaired) electrons. The quantitative estimate of drug-likeness (QED) is 0.832. The highest BCUT2D eigenvalue weighted by Gasteiger charge is 2.23. The Hall–Kier alpha value is -2.90. The van der Waals surface area contributed by atoms with Gasteiger partial charge in [-0.2, -0.15) is 0 Å². The van der Waals surface area contributed by atoms with E-state index in [1.165, 1.54) is 0 Å². The zero-order valence-corrected chi connectivity index (χ0v) is 16.6. The summed E-state index contributed by atoms with van der Waals surface area (Å²) in [7, 11) is 0. The highest BCUT2D eigenvalue weighted by Crippen LogP contribution is 2.29. The minimum atomic E-state index is -0.233. The summed E-state index contributed by atoms with van der Waals surface area (Å²) in [6, 6.07) is 12.8. The van der Waals surface area contributed by atoms with E-state index in [9.17, 15) is 9.59 Å². The minimum Gasteiger partial charge on any atom is -0.482 e. The number of para-hydroxylation sites is 1. The van der Waals surface area contributed by atoms with Crippen LogP contribution in [-0.2, 0) is 16.1 Å². The Balaban J connectivity index is 1.49. The van der Waals surface area contributed by atoms with Gasteiger partial charge in [0.05, 0.1) is 17.9 Å². The molecule has 4 rings (SSSR count). The molecule has 2 amide bonds. The van der Waals surface area contributed by atoms with Crippen LogP contribution in [0.25, 0.3) is 0 Å². The van der Waals surface area contributed by atoms with Crippen molar-refractivity contribution in [3.8, 4) is 5.75 Å². The highest BCUT2D eigenvalue weighted by atomic mass is 16.5. The average molecular weight is 395 g/mol. The monoisotopic (exact) mass is 395 g/mol. The molecule has 2 heterocycles. The molecule has 2 atom stereocenters. The van der Waals surface area contributed by atoms with E-state index in [2.05, 4.69) is 29.4 Å². The Morgan fingerprint density at radius 3 is 2.72 bits per heavy atom. The topological polar surface area (TPSA) is 79.9 Å². The van der Waals surface area contributed by atoms with Crippen LogP contribution in [0.5, 0.6) is 5.75 Å². The van der Waals surface area contributed by atoms with Crippen LogP contribution in [0, 0.1) is 0 Å². The number of hydrogen-bond acceptors (Lipinski definition) is 5. The van der Waals surface area contributed by atoms with Gasteiger partial charge in [0.25, 0.3) is 11.8 Å². The molecule has 0 aliphatic carbocycles. The van der Waals surface area contributed by atoms with E-state index < -0.39 is 0 Å². The van der Waals surface area contributed by atoms with Gasteiger partial charge >= 0.3 is 0 Å². The van der Waals surface area contributed by atoms with Crippen molar-refractivity contribution in [3.63, 3.8) is 0 Å². The van der Waals surface area contributed by atoms with Gasteiger partial charge in [0.1, 0.15) is 5.75 Å². The van der Waals surface area contributed by atoms with Crippen molar-refractivity contribution in [2.75, 3.05) is 30.3 Å². The van der Waals surface area contributed by atoms with Gasteiger partial charge in [0.15, 0.2) is 6.61 Å². The number of nitrogens with zero attached hydrogens (tertiary/aromatic N) is 1. The van der Waals surface area contributed by atoms with Gasteiger partial charge in [-0.05, 0) is 43.7 Å². The lowest BCUT2D eigenvalue weighted by atomic mass is 10.1. The van der Waals surface area contributed by atoms with Crippen LogP contribution < -0.4 is 15.4 Å². The van der Waals surface area contributed by atoms with E-state index >= 15 is 0 Å². The summed E-state index contributed by atoms with van der Waals surface area (Å²) in [5.74, 6) is 0.107. The molecular weight excluding hydrogens is 370 g/mol. The third kappa shape index (κ3) is 4.58. The van der Waals surface area contributed by atoms with Crippen LogP contribution in [0.3, 0.4) is 0 Å². The first-order valence-corrected chi connectivity index (χ1v) is 9.81. The SMILES string of the molecule is CC1CN(Cc2ccccc2NC(=O)c2ccc3c(c2)NC(=O)CO3)CC(C)O1. The number of hydrogen-bond donors (Lipinski definition) is 2. The predicted molar refractivity (Wildman–Crippen MR) is 110 cm³/mol. The fraction of sp³-hybridized carbons (Fsp3) is 0.364. The van der Waals surface area contributed by atoms with Gasteiger partial charge < -0.3 is 20.1 Å². The van der Waals surface area contributed by atoms with Crippen molar-refractivity contribution in [1.82, 2.24) is 4.90 Å². The molecule has 0 bridgehead atoms. The lowest BCUT2D eigenvalue weighted by Gasteiger charge is -2.35. The third-order valence-electron chi connectivity index (χ3n) is 5.03. The first-order valence-electron chi connectivity index (χ1n) is 9.81. The van der Waals surface area contributed by atoms with Gasteiger partial charge in [0, 0.05) is 30.9 Å². The maximum atomic E-state index is 12.8. The number of rotatable bonds is 4. The zero-order valence-electron chi connectivity index (χ0n) is 16.6. The van der Waals surface area contributed by atoms with Gasteiger partial charge in [-0.15, -0.1) is 0 Å². The van der Waals surface area contributed by atoms with E-state index in [4.69, 9.17) is 9.47 Å². The molecule has 1 fully saturated rings. The fourth-order valence-corrected chi connectivity index (χ4v) is 3.85. The molecule has 2 unspecified atom stereocenters. The summed E-state index contributed by atoms with van der Waals surface area (Å²) < 4.78 is 11.2. The minimum absolute atomic E-state index is 0.00923. The Labute approximate surface area is 170 Å². The van der Waals surface area contributed by atoms with E-state index in [-0.39, 0.29) is 30.6 Å². The summed E-state index contributed by atoms with van der Waals surface area (Å²) in [6.45, 7) is 6.60. The first-order chi connectivity index (χ1) is 14.0.